The minimum absolute atomic E-state index is 0.0831. The van der Waals surface area contributed by atoms with Gasteiger partial charge in [-0.05, 0) is 31.0 Å². The maximum atomic E-state index is 13.1. The Balaban J connectivity index is 1.40. The Hall–Kier alpha value is -3.09. The molecule has 1 amide bonds. The van der Waals surface area contributed by atoms with Crippen LogP contribution in [0.3, 0.4) is 0 Å². The lowest BCUT2D eigenvalue weighted by molar-refractivity contribution is 0.0649. The van der Waals surface area contributed by atoms with E-state index >= 15 is 0 Å². The van der Waals surface area contributed by atoms with Crippen molar-refractivity contribution in [2.45, 2.75) is 19.4 Å². The quantitative estimate of drug-likeness (QED) is 0.481. The largest absolute Gasteiger partial charge is 0.485 e. The first-order chi connectivity index (χ1) is 15.9. The Kier molecular flexibility index (Phi) is 7.16. The second-order valence-corrected chi connectivity index (χ2v) is 8.71. The van der Waals surface area contributed by atoms with E-state index in [0.717, 1.165) is 0 Å². The van der Waals surface area contributed by atoms with Crippen LogP contribution in [0.5, 0.6) is 5.75 Å². The third-order valence-corrected chi connectivity index (χ3v) is 6.48. The molecule has 0 unspecified atom stereocenters. The van der Waals surface area contributed by atoms with Gasteiger partial charge in [0.25, 0.3) is 5.91 Å². The SMILES string of the molecule is Nc1ncc(C(=O)N2CCC(C(=O)c3ccccc3)CC2)cc1OCc1c(Cl)cccc1Cl. The van der Waals surface area contributed by atoms with Crippen LogP contribution in [0.25, 0.3) is 0 Å². The highest BCUT2D eigenvalue weighted by Gasteiger charge is 2.28. The summed E-state index contributed by atoms with van der Waals surface area (Å²) in [6.45, 7) is 1.09. The normalized spacial score (nSPS) is 14.2. The van der Waals surface area contributed by atoms with E-state index < -0.39 is 0 Å². The lowest BCUT2D eigenvalue weighted by atomic mass is 9.88. The molecule has 2 N–H and O–H groups in total. The fourth-order valence-electron chi connectivity index (χ4n) is 3.87. The van der Waals surface area contributed by atoms with Crippen LogP contribution < -0.4 is 10.5 Å². The maximum absolute atomic E-state index is 13.1. The van der Waals surface area contributed by atoms with Crippen LogP contribution in [0.15, 0.2) is 60.8 Å². The number of nitrogens with zero attached hydrogens (tertiary/aromatic N) is 2. The standard InChI is InChI=1S/C25H23Cl2N3O3/c26-20-7-4-8-21(27)19(20)15-33-22-13-18(14-29-24(22)28)25(32)30-11-9-17(10-12-30)23(31)16-5-2-1-3-6-16/h1-8,13-14,17H,9-12,15H2,(H2,28,29). The number of benzene rings is 2. The van der Waals surface area contributed by atoms with Crippen molar-refractivity contribution in [2.24, 2.45) is 5.92 Å². The smallest absolute Gasteiger partial charge is 0.255 e. The van der Waals surface area contributed by atoms with Crippen LogP contribution in [0, 0.1) is 5.92 Å². The van der Waals surface area contributed by atoms with E-state index in [1.165, 1.54) is 6.20 Å². The van der Waals surface area contributed by atoms with Gasteiger partial charge in [0, 0.05) is 46.4 Å². The highest BCUT2D eigenvalue weighted by molar-refractivity contribution is 6.35. The molecule has 0 radical (unpaired) electrons. The Morgan fingerprint density at radius 1 is 1.00 bits per heavy atom. The van der Waals surface area contributed by atoms with Crippen LogP contribution in [-0.2, 0) is 6.61 Å². The summed E-state index contributed by atoms with van der Waals surface area (Å²) in [7, 11) is 0. The number of carbonyl (C=O) groups is 2. The molecule has 8 heteroatoms. The molecule has 2 heterocycles. The molecule has 0 spiro atoms. The zero-order valence-electron chi connectivity index (χ0n) is 17.8. The lowest BCUT2D eigenvalue weighted by Gasteiger charge is -2.31. The number of piperidine rings is 1. The summed E-state index contributed by atoms with van der Waals surface area (Å²) in [5.74, 6) is 0.327. The van der Waals surface area contributed by atoms with Gasteiger partial charge in [0.05, 0.1) is 5.56 Å². The first kappa shape index (κ1) is 23.1. The summed E-state index contributed by atoms with van der Waals surface area (Å²) in [6, 6.07) is 16.0. The molecule has 0 atom stereocenters. The number of ketones is 1. The number of likely N-dealkylation sites (tertiary alicyclic amines) is 1. The number of nitrogens with two attached hydrogens (primary N) is 1. The molecule has 0 bridgehead atoms. The van der Waals surface area contributed by atoms with Crippen molar-refractivity contribution >= 4 is 40.7 Å². The van der Waals surface area contributed by atoms with Gasteiger partial charge >= 0.3 is 0 Å². The van der Waals surface area contributed by atoms with Gasteiger partial charge in [-0.3, -0.25) is 9.59 Å². The number of nitrogen functional groups attached to an aromatic ring is 1. The fraction of sp³-hybridized carbons (Fsp3) is 0.240. The van der Waals surface area contributed by atoms with Crippen molar-refractivity contribution < 1.29 is 14.3 Å². The molecule has 170 valence electrons. The van der Waals surface area contributed by atoms with E-state index in [9.17, 15) is 9.59 Å². The molecule has 4 rings (SSSR count). The van der Waals surface area contributed by atoms with Crippen molar-refractivity contribution in [3.05, 3.63) is 87.5 Å². The van der Waals surface area contributed by atoms with Crippen LogP contribution in [0.4, 0.5) is 5.82 Å². The molecule has 1 aromatic heterocycles. The van der Waals surface area contributed by atoms with Crippen LogP contribution in [-0.4, -0.2) is 34.7 Å². The number of hydrogen-bond donors (Lipinski definition) is 1. The highest BCUT2D eigenvalue weighted by Crippen LogP contribution is 2.29. The first-order valence-corrected chi connectivity index (χ1v) is 11.4. The van der Waals surface area contributed by atoms with E-state index in [1.807, 2.05) is 30.3 Å². The molecule has 6 nitrogen and oxygen atoms in total. The number of rotatable bonds is 6. The van der Waals surface area contributed by atoms with Crippen molar-refractivity contribution in [3.8, 4) is 5.75 Å². The summed E-state index contributed by atoms with van der Waals surface area (Å²) in [5, 5.41) is 0.961. The summed E-state index contributed by atoms with van der Waals surface area (Å²) >= 11 is 12.4. The van der Waals surface area contributed by atoms with Crippen molar-refractivity contribution in [1.29, 1.82) is 0 Å². The van der Waals surface area contributed by atoms with Crippen molar-refractivity contribution in [1.82, 2.24) is 9.88 Å². The predicted molar refractivity (Wildman–Crippen MR) is 129 cm³/mol. The Morgan fingerprint density at radius 2 is 1.67 bits per heavy atom. The number of aromatic nitrogens is 1. The zero-order valence-corrected chi connectivity index (χ0v) is 19.4. The molecular formula is C25H23Cl2N3O3. The number of halogens is 2. The number of carbonyl (C=O) groups excluding carboxylic acids is 2. The van der Waals surface area contributed by atoms with E-state index in [1.54, 1.807) is 29.2 Å². The summed E-state index contributed by atoms with van der Waals surface area (Å²) < 4.78 is 5.79. The number of pyridine rings is 1. The molecule has 33 heavy (non-hydrogen) atoms. The van der Waals surface area contributed by atoms with E-state index in [4.69, 9.17) is 33.7 Å². The third-order valence-electron chi connectivity index (χ3n) is 5.77. The summed E-state index contributed by atoms with van der Waals surface area (Å²) in [5.41, 5.74) is 7.66. The predicted octanol–water partition coefficient (Wildman–Crippen LogP) is 5.28. The minimum atomic E-state index is -0.172. The Morgan fingerprint density at radius 3 is 2.33 bits per heavy atom. The third kappa shape index (κ3) is 5.29. The van der Waals surface area contributed by atoms with Gasteiger partial charge in [-0.2, -0.15) is 0 Å². The van der Waals surface area contributed by atoms with Crippen LogP contribution >= 0.6 is 23.2 Å². The molecule has 1 aliphatic rings. The molecule has 3 aromatic rings. The Labute approximate surface area is 202 Å². The number of Topliss-reactive ketones (excluding diaryl/α,β-unsaturated/α-hetero) is 1. The minimum Gasteiger partial charge on any atom is -0.485 e. The Bertz CT molecular complexity index is 1140. The van der Waals surface area contributed by atoms with E-state index in [0.29, 0.717) is 52.7 Å². The van der Waals surface area contributed by atoms with Gasteiger partial charge in [0.15, 0.2) is 17.4 Å². The molecule has 2 aromatic carbocycles. The van der Waals surface area contributed by atoms with Crippen molar-refractivity contribution in [3.63, 3.8) is 0 Å². The van der Waals surface area contributed by atoms with Gasteiger partial charge in [0.2, 0.25) is 0 Å². The van der Waals surface area contributed by atoms with Crippen molar-refractivity contribution in [2.75, 3.05) is 18.8 Å². The molecule has 1 saturated heterocycles. The number of amides is 1. The van der Waals surface area contributed by atoms with Crippen LogP contribution in [0.1, 0.15) is 39.1 Å². The number of anilines is 1. The monoisotopic (exact) mass is 483 g/mol. The lowest BCUT2D eigenvalue weighted by Crippen LogP contribution is -2.40. The summed E-state index contributed by atoms with van der Waals surface area (Å²) in [4.78, 5) is 31.6. The van der Waals surface area contributed by atoms with Crippen LogP contribution in [0.2, 0.25) is 10.0 Å². The van der Waals surface area contributed by atoms with Gasteiger partial charge in [-0.15, -0.1) is 0 Å². The number of hydrogen-bond acceptors (Lipinski definition) is 5. The fourth-order valence-corrected chi connectivity index (χ4v) is 4.38. The van der Waals surface area contributed by atoms with Gasteiger partial charge in [-0.1, -0.05) is 59.6 Å². The van der Waals surface area contributed by atoms with Gasteiger partial charge in [-0.25, -0.2) is 4.98 Å². The maximum Gasteiger partial charge on any atom is 0.255 e. The molecule has 0 saturated carbocycles. The van der Waals surface area contributed by atoms with E-state index in [2.05, 4.69) is 4.98 Å². The van der Waals surface area contributed by atoms with Gasteiger partial charge in [0.1, 0.15) is 6.61 Å². The summed E-state index contributed by atoms with van der Waals surface area (Å²) in [6.07, 6.45) is 2.68. The van der Waals surface area contributed by atoms with Gasteiger partial charge < -0.3 is 15.4 Å². The second-order valence-electron chi connectivity index (χ2n) is 7.89. The second kappa shape index (κ2) is 10.2. The molecule has 0 aliphatic carbocycles. The molecule has 1 aliphatic heterocycles. The van der Waals surface area contributed by atoms with E-state index in [-0.39, 0.29) is 35.8 Å². The number of ether oxygens (including phenoxy) is 1. The average molecular weight is 484 g/mol. The zero-order chi connectivity index (χ0) is 23.4. The molecular weight excluding hydrogens is 461 g/mol. The molecule has 1 fully saturated rings. The first-order valence-electron chi connectivity index (χ1n) is 10.6. The average Bonchev–Trinajstić information content (AvgIpc) is 2.84. The highest BCUT2D eigenvalue weighted by atomic mass is 35.5. The topological polar surface area (TPSA) is 85.5 Å².